The van der Waals surface area contributed by atoms with Crippen molar-refractivity contribution >= 4 is 11.6 Å². The van der Waals surface area contributed by atoms with Gasteiger partial charge in [0.25, 0.3) is 5.91 Å². The van der Waals surface area contributed by atoms with Gasteiger partial charge in [0.1, 0.15) is 11.5 Å². The van der Waals surface area contributed by atoms with E-state index in [-0.39, 0.29) is 18.3 Å². The van der Waals surface area contributed by atoms with Crippen LogP contribution in [-0.4, -0.2) is 24.2 Å². The Morgan fingerprint density at radius 3 is 3.07 bits per heavy atom. The summed E-state index contributed by atoms with van der Waals surface area (Å²) in [6.07, 6.45) is 0. The molecule has 1 heterocycles. The summed E-state index contributed by atoms with van der Waals surface area (Å²) in [7, 11) is 0. The Labute approximate surface area is 81.7 Å². The van der Waals surface area contributed by atoms with Gasteiger partial charge in [0.2, 0.25) is 0 Å². The number of anilines is 1. The van der Waals surface area contributed by atoms with Gasteiger partial charge < -0.3 is 14.7 Å². The molecule has 0 spiro atoms. The number of carbonyl (C=O) groups is 1. The first-order valence-electron chi connectivity index (χ1n) is 4.48. The molecular formula is C10H11NO3. The second kappa shape index (κ2) is 3.21. The van der Waals surface area contributed by atoms with E-state index in [9.17, 15) is 9.90 Å². The van der Waals surface area contributed by atoms with Crippen LogP contribution in [0, 0.1) is 0 Å². The van der Waals surface area contributed by atoms with Crippen molar-refractivity contribution in [2.75, 3.05) is 18.1 Å². The number of carbonyl (C=O) groups excluding carboxylic acids is 1. The maximum absolute atomic E-state index is 11.4. The Kier molecular flexibility index (Phi) is 2.04. The van der Waals surface area contributed by atoms with Crippen LogP contribution in [0.4, 0.5) is 5.69 Å². The number of phenols is 1. The van der Waals surface area contributed by atoms with Crippen LogP contribution in [0.25, 0.3) is 0 Å². The van der Waals surface area contributed by atoms with Crippen molar-refractivity contribution in [2.45, 2.75) is 6.92 Å². The number of ether oxygens (including phenoxy) is 1. The molecule has 74 valence electrons. The predicted molar refractivity (Wildman–Crippen MR) is 51.6 cm³/mol. The molecule has 0 unspecified atom stereocenters. The number of amides is 1. The molecule has 0 saturated carbocycles. The minimum Gasteiger partial charge on any atom is -0.508 e. The highest BCUT2D eigenvalue weighted by atomic mass is 16.5. The molecule has 0 fully saturated rings. The average molecular weight is 193 g/mol. The number of phenolic OH excluding ortho intramolecular Hbond substituents is 1. The van der Waals surface area contributed by atoms with Crippen molar-refractivity contribution in [3.05, 3.63) is 18.2 Å². The van der Waals surface area contributed by atoms with Gasteiger partial charge in [-0.05, 0) is 19.1 Å². The van der Waals surface area contributed by atoms with Gasteiger partial charge in [-0.15, -0.1) is 0 Å². The largest absolute Gasteiger partial charge is 0.508 e. The first kappa shape index (κ1) is 8.87. The fraction of sp³-hybridized carbons (Fsp3) is 0.300. The summed E-state index contributed by atoms with van der Waals surface area (Å²) in [5.74, 6) is 0.659. The zero-order valence-corrected chi connectivity index (χ0v) is 7.86. The molecule has 1 N–H and O–H groups in total. The van der Waals surface area contributed by atoms with Crippen LogP contribution in [0.3, 0.4) is 0 Å². The third-order valence-electron chi connectivity index (χ3n) is 2.20. The second-order valence-corrected chi connectivity index (χ2v) is 3.08. The topological polar surface area (TPSA) is 49.8 Å². The zero-order chi connectivity index (χ0) is 10.1. The molecule has 0 radical (unpaired) electrons. The van der Waals surface area contributed by atoms with Crippen LogP contribution in [0.2, 0.25) is 0 Å². The molecule has 1 aromatic carbocycles. The van der Waals surface area contributed by atoms with Gasteiger partial charge in [0.05, 0.1) is 5.69 Å². The van der Waals surface area contributed by atoms with Crippen LogP contribution in [-0.2, 0) is 4.79 Å². The van der Waals surface area contributed by atoms with Gasteiger partial charge in [0, 0.05) is 12.6 Å². The molecule has 0 bridgehead atoms. The summed E-state index contributed by atoms with van der Waals surface area (Å²) in [6, 6.07) is 4.75. The van der Waals surface area contributed by atoms with Crippen molar-refractivity contribution < 1.29 is 14.6 Å². The van der Waals surface area contributed by atoms with E-state index in [1.165, 1.54) is 6.07 Å². The van der Waals surface area contributed by atoms with Crippen molar-refractivity contribution in [1.82, 2.24) is 0 Å². The number of hydrogen-bond acceptors (Lipinski definition) is 3. The molecule has 4 nitrogen and oxygen atoms in total. The number of likely N-dealkylation sites (N-methyl/N-ethyl adjacent to an activating group) is 1. The van der Waals surface area contributed by atoms with Gasteiger partial charge in [-0.3, -0.25) is 4.79 Å². The van der Waals surface area contributed by atoms with Gasteiger partial charge in [-0.1, -0.05) is 0 Å². The molecule has 14 heavy (non-hydrogen) atoms. The highest BCUT2D eigenvalue weighted by Gasteiger charge is 2.23. The molecule has 1 aliphatic heterocycles. The molecule has 0 saturated heterocycles. The maximum Gasteiger partial charge on any atom is 0.265 e. The van der Waals surface area contributed by atoms with Crippen molar-refractivity contribution in [3.8, 4) is 11.5 Å². The quantitative estimate of drug-likeness (QED) is 0.727. The lowest BCUT2D eigenvalue weighted by Gasteiger charge is -2.28. The van der Waals surface area contributed by atoms with E-state index in [1.54, 1.807) is 17.0 Å². The van der Waals surface area contributed by atoms with E-state index in [2.05, 4.69) is 0 Å². The smallest absolute Gasteiger partial charge is 0.265 e. The number of hydrogen-bond donors (Lipinski definition) is 1. The number of rotatable bonds is 1. The second-order valence-electron chi connectivity index (χ2n) is 3.08. The summed E-state index contributed by atoms with van der Waals surface area (Å²) < 4.78 is 5.20. The van der Waals surface area contributed by atoms with E-state index in [1.807, 2.05) is 6.92 Å². The summed E-state index contributed by atoms with van der Waals surface area (Å²) in [5, 5.41) is 9.23. The highest BCUT2D eigenvalue weighted by Crippen LogP contribution is 2.34. The molecule has 2 rings (SSSR count). The summed E-state index contributed by atoms with van der Waals surface area (Å²) in [4.78, 5) is 13.0. The van der Waals surface area contributed by atoms with Crippen LogP contribution >= 0.6 is 0 Å². The van der Waals surface area contributed by atoms with E-state index < -0.39 is 0 Å². The Morgan fingerprint density at radius 1 is 1.57 bits per heavy atom. The SMILES string of the molecule is CCN1C(=O)COc2cc(O)ccc21. The van der Waals surface area contributed by atoms with Crippen molar-refractivity contribution in [1.29, 1.82) is 0 Å². The molecule has 0 atom stereocenters. The minimum absolute atomic E-state index is 0.0459. The molecular weight excluding hydrogens is 182 g/mol. The Hall–Kier alpha value is -1.71. The monoisotopic (exact) mass is 193 g/mol. The fourth-order valence-corrected chi connectivity index (χ4v) is 1.54. The molecule has 0 aliphatic carbocycles. The van der Waals surface area contributed by atoms with Crippen molar-refractivity contribution in [3.63, 3.8) is 0 Å². The lowest BCUT2D eigenvalue weighted by molar-refractivity contribution is -0.121. The molecule has 1 amide bonds. The molecule has 1 aromatic rings. The third-order valence-corrected chi connectivity index (χ3v) is 2.20. The first-order valence-corrected chi connectivity index (χ1v) is 4.48. The standard InChI is InChI=1S/C10H11NO3/c1-2-11-8-4-3-7(12)5-9(8)14-6-10(11)13/h3-5,12H,2,6H2,1H3. The minimum atomic E-state index is -0.0503. The number of fused-ring (bicyclic) bond motifs is 1. The fourth-order valence-electron chi connectivity index (χ4n) is 1.54. The highest BCUT2D eigenvalue weighted by molar-refractivity contribution is 5.97. The number of nitrogens with zero attached hydrogens (tertiary/aromatic N) is 1. The van der Waals surface area contributed by atoms with Gasteiger partial charge >= 0.3 is 0 Å². The molecule has 1 aliphatic rings. The van der Waals surface area contributed by atoms with E-state index >= 15 is 0 Å². The Bertz CT molecular complexity index is 376. The van der Waals surface area contributed by atoms with Crippen LogP contribution in [0.5, 0.6) is 11.5 Å². The summed E-state index contributed by atoms with van der Waals surface area (Å²) >= 11 is 0. The van der Waals surface area contributed by atoms with E-state index in [4.69, 9.17) is 4.74 Å². The number of aromatic hydroxyl groups is 1. The maximum atomic E-state index is 11.4. The van der Waals surface area contributed by atoms with Crippen LogP contribution < -0.4 is 9.64 Å². The lowest BCUT2D eigenvalue weighted by Crippen LogP contribution is -2.38. The van der Waals surface area contributed by atoms with E-state index in [0.717, 1.165) is 5.69 Å². The lowest BCUT2D eigenvalue weighted by atomic mass is 10.2. The number of benzene rings is 1. The summed E-state index contributed by atoms with van der Waals surface area (Å²) in [6.45, 7) is 2.56. The third kappa shape index (κ3) is 1.28. The van der Waals surface area contributed by atoms with Crippen LogP contribution in [0.1, 0.15) is 6.92 Å². The molecule has 0 aromatic heterocycles. The van der Waals surface area contributed by atoms with Gasteiger partial charge in [-0.2, -0.15) is 0 Å². The first-order chi connectivity index (χ1) is 6.72. The molecule has 4 heteroatoms. The van der Waals surface area contributed by atoms with Gasteiger partial charge in [0.15, 0.2) is 6.61 Å². The zero-order valence-electron chi connectivity index (χ0n) is 7.86. The van der Waals surface area contributed by atoms with Gasteiger partial charge in [-0.25, -0.2) is 0 Å². The van der Waals surface area contributed by atoms with Crippen LogP contribution in [0.15, 0.2) is 18.2 Å². The average Bonchev–Trinajstić information content (AvgIpc) is 2.18. The normalized spacial score (nSPS) is 14.9. The Balaban J connectivity index is 2.47. The predicted octanol–water partition coefficient (Wildman–Crippen LogP) is 1.14. The van der Waals surface area contributed by atoms with Crippen molar-refractivity contribution in [2.24, 2.45) is 0 Å². The van der Waals surface area contributed by atoms with E-state index in [0.29, 0.717) is 12.3 Å². The summed E-state index contributed by atoms with van der Waals surface area (Å²) in [5.41, 5.74) is 0.724. The Morgan fingerprint density at radius 2 is 2.36 bits per heavy atom.